The van der Waals surface area contributed by atoms with Crippen molar-refractivity contribution in [1.29, 1.82) is 0 Å². The molecule has 0 saturated heterocycles. The molecule has 2 N–H and O–H groups in total. The molecule has 3 aromatic rings. The highest BCUT2D eigenvalue weighted by Gasteiger charge is 2.18. The number of carbonyl (C=O) groups is 1. The van der Waals surface area contributed by atoms with Crippen molar-refractivity contribution >= 4 is 27.8 Å². The van der Waals surface area contributed by atoms with Crippen LogP contribution in [0.3, 0.4) is 0 Å². The molecule has 0 atom stereocenters. The van der Waals surface area contributed by atoms with Crippen LogP contribution in [0.25, 0.3) is 21.9 Å². The minimum Gasteiger partial charge on any atom is -0.495 e. The maximum atomic E-state index is 11.6. The van der Waals surface area contributed by atoms with Crippen molar-refractivity contribution in [3.05, 3.63) is 42.0 Å². The van der Waals surface area contributed by atoms with Crippen LogP contribution in [0.1, 0.15) is 10.4 Å². The third-order valence-electron chi connectivity index (χ3n) is 2.88. The number of hydrogen-bond donors (Lipinski definition) is 1. The minimum absolute atomic E-state index is 0.306. The second-order valence-corrected chi connectivity index (χ2v) is 3.90. The predicted molar refractivity (Wildman–Crippen MR) is 67.6 cm³/mol. The van der Waals surface area contributed by atoms with Crippen LogP contribution in [0.15, 0.2) is 34.7 Å². The third-order valence-corrected chi connectivity index (χ3v) is 2.88. The summed E-state index contributed by atoms with van der Waals surface area (Å²) in [6, 6.07) is 12.0. The van der Waals surface area contributed by atoms with Crippen LogP contribution in [0.5, 0.6) is 5.75 Å². The number of hydrogen-bond acceptors (Lipinski definition) is 3. The molecule has 0 aliphatic heterocycles. The SMILES string of the molecule is COc1[c]cc2oc3ccccc3c2c1C(N)=O. The molecule has 3 rings (SSSR count). The lowest BCUT2D eigenvalue weighted by Gasteiger charge is -2.05. The largest absolute Gasteiger partial charge is 0.495 e. The molecule has 0 fully saturated rings. The van der Waals surface area contributed by atoms with E-state index in [2.05, 4.69) is 6.07 Å². The van der Waals surface area contributed by atoms with Gasteiger partial charge in [0.1, 0.15) is 16.9 Å². The number of amides is 1. The normalized spacial score (nSPS) is 10.9. The molecule has 18 heavy (non-hydrogen) atoms. The monoisotopic (exact) mass is 240 g/mol. The van der Waals surface area contributed by atoms with Gasteiger partial charge in [-0.15, -0.1) is 0 Å². The summed E-state index contributed by atoms with van der Waals surface area (Å²) in [5.74, 6) is -0.221. The zero-order valence-corrected chi connectivity index (χ0v) is 9.69. The van der Waals surface area contributed by atoms with Gasteiger partial charge >= 0.3 is 0 Å². The minimum atomic E-state index is -0.555. The van der Waals surface area contributed by atoms with Gasteiger partial charge in [0.25, 0.3) is 5.91 Å². The van der Waals surface area contributed by atoms with E-state index in [1.54, 1.807) is 6.07 Å². The van der Waals surface area contributed by atoms with Gasteiger partial charge in [0.2, 0.25) is 0 Å². The smallest absolute Gasteiger partial charge is 0.253 e. The maximum absolute atomic E-state index is 11.6. The lowest BCUT2D eigenvalue weighted by atomic mass is 10.0. The van der Waals surface area contributed by atoms with Crippen molar-refractivity contribution in [2.24, 2.45) is 5.73 Å². The summed E-state index contributed by atoms with van der Waals surface area (Å²) < 4.78 is 10.8. The highest BCUT2D eigenvalue weighted by atomic mass is 16.5. The van der Waals surface area contributed by atoms with Gasteiger partial charge in [-0.1, -0.05) is 18.2 Å². The quantitative estimate of drug-likeness (QED) is 0.748. The molecular weight excluding hydrogens is 230 g/mol. The van der Waals surface area contributed by atoms with Gasteiger partial charge in [-0.25, -0.2) is 0 Å². The van der Waals surface area contributed by atoms with Crippen molar-refractivity contribution < 1.29 is 13.9 Å². The Bertz CT molecular complexity index is 758. The molecule has 0 aliphatic carbocycles. The number of methoxy groups -OCH3 is 1. The molecule has 1 heterocycles. The first-order valence-electron chi connectivity index (χ1n) is 5.42. The van der Waals surface area contributed by atoms with Gasteiger partial charge in [0.05, 0.1) is 12.7 Å². The summed E-state index contributed by atoms with van der Waals surface area (Å²) in [5.41, 5.74) is 7.01. The van der Waals surface area contributed by atoms with E-state index >= 15 is 0 Å². The molecule has 1 aromatic heterocycles. The average molecular weight is 240 g/mol. The molecule has 1 amide bonds. The van der Waals surface area contributed by atoms with Gasteiger partial charge in [-0.2, -0.15) is 0 Å². The summed E-state index contributed by atoms with van der Waals surface area (Å²) >= 11 is 0. The standard InChI is InChI=1S/C14H10NO3/c1-17-10-6-7-11-12(13(10)14(15)16)8-4-2-3-5-9(8)18-11/h2-5,7H,1H3,(H2,15,16). The zero-order valence-electron chi connectivity index (χ0n) is 9.69. The Morgan fingerprint density at radius 1 is 1.33 bits per heavy atom. The van der Waals surface area contributed by atoms with E-state index in [4.69, 9.17) is 14.9 Å². The second-order valence-electron chi connectivity index (χ2n) is 3.90. The number of carbonyl (C=O) groups excluding carboxylic acids is 1. The Hall–Kier alpha value is -2.49. The van der Waals surface area contributed by atoms with Crippen LogP contribution in [0, 0.1) is 6.07 Å². The number of furan rings is 1. The fraction of sp³-hybridized carbons (Fsp3) is 0.0714. The summed E-state index contributed by atoms with van der Waals surface area (Å²) in [7, 11) is 1.48. The van der Waals surface area contributed by atoms with Crippen molar-refractivity contribution in [1.82, 2.24) is 0 Å². The molecule has 89 valence electrons. The van der Waals surface area contributed by atoms with Crippen LogP contribution in [-0.4, -0.2) is 13.0 Å². The van der Waals surface area contributed by atoms with E-state index in [1.165, 1.54) is 7.11 Å². The first kappa shape index (κ1) is 10.7. The highest BCUT2D eigenvalue weighted by molar-refractivity contribution is 6.17. The van der Waals surface area contributed by atoms with Crippen LogP contribution in [0.2, 0.25) is 0 Å². The molecular formula is C14H10NO3. The number of rotatable bonds is 2. The number of fused-ring (bicyclic) bond motifs is 3. The Balaban J connectivity index is 2.55. The molecule has 2 aromatic carbocycles. The summed E-state index contributed by atoms with van der Waals surface area (Å²) in [4.78, 5) is 11.6. The topological polar surface area (TPSA) is 65.5 Å². The van der Waals surface area contributed by atoms with E-state index in [0.717, 1.165) is 5.39 Å². The van der Waals surface area contributed by atoms with Crippen LogP contribution < -0.4 is 10.5 Å². The Kier molecular flexibility index (Phi) is 2.23. The number of para-hydroxylation sites is 1. The van der Waals surface area contributed by atoms with Crippen molar-refractivity contribution in [2.45, 2.75) is 0 Å². The van der Waals surface area contributed by atoms with Gasteiger partial charge < -0.3 is 14.9 Å². The van der Waals surface area contributed by atoms with E-state index in [1.807, 2.05) is 24.3 Å². The Labute approximate surface area is 103 Å². The third kappa shape index (κ3) is 1.35. The summed E-state index contributed by atoms with van der Waals surface area (Å²) in [6.45, 7) is 0. The number of nitrogens with two attached hydrogens (primary N) is 1. The molecule has 0 unspecified atom stereocenters. The number of ether oxygens (including phenoxy) is 1. The summed E-state index contributed by atoms with van der Waals surface area (Å²) in [6.07, 6.45) is 0. The first-order chi connectivity index (χ1) is 8.72. The first-order valence-corrected chi connectivity index (χ1v) is 5.42. The Morgan fingerprint density at radius 3 is 2.83 bits per heavy atom. The van der Waals surface area contributed by atoms with Gasteiger partial charge in [-0.3, -0.25) is 4.79 Å². The lowest BCUT2D eigenvalue weighted by Crippen LogP contribution is -2.12. The van der Waals surface area contributed by atoms with E-state index in [0.29, 0.717) is 27.9 Å². The van der Waals surface area contributed by atoms with E-state index in [9.17, 15) is 4.79 Å². The van der Waals surface area contributed by atoms with Crippen LogP contribution >= 0.6 is 0 Å². The van der Waals surface area contributed by atoms with Gasteiger partial charge in [-0.05, 0) is 12.1 Å². The summed E-state index contributed by atoms with van der Waals surface area (Å²) in [5, 5.41) is 1.52. The highest BCUT2D eigenvalue weighted by Crippen LogP contribution is 2.35. The van der Waals surface area contributed by atoms with Crippen molar-refractivity contribution in [3.8, 4) is 5.75 Å². The van der Waals surface area contributed by atoms with Gasteiger partial charge in [0, 0.05) is 16.8 Å². The number of primary amides is 1. The van der Waals surface area contributed by atoms with Gasteiger partial charge in [0.15, 0.2) is 0 Å². The fourth-order valence-corrected chi connectivity index (χ4v) is 2.14. The molecule has 0 saturated carbocycles. The molecule has 4 heteroatoms. The van der Waals surface area contributed by atoms with Crippen LogP contribution in [0.4, 0.5) is 0 Å². The van der Waals surface area contributed by atoms with E-state index in [-0.39, 0.29) is 0 Å². The Morgan fingerprint density at radius 2 is 2.11 bits per heavy atom. The molecule has 0 spiro atoms. The average Bonchev–Trinajstić information content (AvgIpc) is 2.75. The number of benzene rings is 2. The predicted octanol–water partition coefficient (Wildman–Crippen LogP) is 2.49. The van der Waals surface area contributed by atoms with Crippen molar-refractivity contribution in [3.63, 3.8) is 0 Å². The lowest BCUT2D eigenvalue weighted by molar-refractivity contribution is 0.0999. The molecule has 1 radical (unpaired) electrons. The molecule has 4 nitrogen and oxygen atoms in total. The van der Waals surface area contributed by atoms with Crippen molar-refractivity contribution in [2.75, 3.05) is 7.11 Å². The maximum Gasteiger partial charge on any atom is 0.253 e. The molecule has 0 bridgehead atoms. The molecule has 0 aliphatic rings. The zero-order chi connectivity index (χ0) is 12.7. The van der Waals surface area contributed by atoms with E-state index < -0.39 is 5.91 Å². The second kappa shape index (κ2) is 3.77. The van der Waals surface area contributed by atoms with Crippen LogP contribution in [-0.2, 0) is 0 Å². The fourth-order valence-electron chi connectivity index (χ4n) is 2.14.